The molecule has 0 bridgehead atoms. The third-order valence-electron chi connectivity index (χ3n) is 2.41. The maximum atomic E-state index is 10.9. The highest BCUT2D eigenvalue weighted by molar-refractivity contribution is 5.60. The fourth-order valence-electron chi connectivity index (χ4n) is 1.34. The van der Waals surface area contributed by atoms with Crippen LogP contribution in [0.3, 0.4) is 0 Å². The molecular formula is C11H18N4O4. The Morgan fingerprint density at radius 3 is 2.68 bits per heavy atom. The summed E-state index contributed by atoms with van der Waals surface area (Å²) in [5.41, 5.74) is -1.56. The van der Waals surface area contributed by atoms with Crippen molar-refractivity contribution in [1.29, 1.82) is 0 Å². The van der Waals surface area contributed by atoms with Crippen LogP contribution in [0.2, 0.25) is 0 Å². The minimum absolute atomic E-state index is 0.0487. The Morgan fingerprint density at radius 2 is 2.16 bits per heavy atom. The maximum Gasteiger partial charge on any atom is 0.311 e. The van der Waals surface area contributed by atoms with E-state index in [2.05, 4.69) is 15.6 Å². The predicted molar refractivity (Wildman–Crippen MR) is 71.3 cm³/mol. The number of aliphatic hydroxyl groups excluding tert-OH is 1. The standard InChI is InChI=1S/C11H18N4O4/c1-3-12-9-5-4-8(15(18)19)10(14-9)13-6-11(2,17)7-16/h4-5,16-17H,3,6-7H2,1-2H3,(H2,12,13,14). The van der Waals surface area contributed by atoms with Crippen LogP contribution in [0.1, 0.15) is 13.8 Å². The lowest BCUT2D eigenvalue weighted by atomic mass is 10.1. The molecule has 0 fully saturated rings. The molecule has 0 aliphatic heterocycles. The van der Waals surface area contributed by atoms with E-state index in [-0.39, 0.29) is 18.1 Å². The second kappa shape index (κ2) is 6.30. The van der Waals surface area contributed by atoms with Gasteiger partial charge < -0.3 is 20.8 Å². The molecule has 0 aliphatic rings. The largest absolute Gasteiger partial charge is 0.393 e. The van der Waals surface area contributed by atoms with Gasteiger partial charge in [-0.25, -0.2) is 4.98 Å². The number of nitrogens with zero attached hydrogens (tertiary/aromatic N) is 2. The van der Waals surface area contributed by atoms with Gasteiger partial charge in [0.15, 0.2) is 0 Å². The molecule has 106 valence electrons. The third-order valence-corrected chi connectivity index (χ3v) is 2.41. The molecule has 1 unspecified atom stereocenters. The molecule has 19 heavy (non-hydrogen) atoms. The predicted octanol–water partition coefficient (Wildman–Crippen LogP) is 0.577. The lowest BCUT2D eigenvalue weighted by molar-refractivity contribution is -0.384. The van der Waals surface area contributed by atoms with E-state index < -0.39 is 17.1 Å². The van der Waals surface area contributed by atoms with E-state index in [1.807, 2.05) is 6.92 Å². The maximum absolute atomic E-state index is 10.9. The van der Waals surface area contributed by atoms with Crippen LogP contribution in [0.25, 0.3) is 0 Å². The van der Waals surface area contributed by atoms with Crippen LogP contribution in [-0.2, 0) is 0 Å². The summed E-state index contributed by atoms with van der Waals surface area (Å²) in [5.74, 6) is 0.552. The first-order chi connectivity index (χ1) is 8.89. The highest BCUT2D eigenvalue weighted by Crippen LogP contribution is 2.24. The molecule has 1 atom stereocenters. The topological polar surface area (TPSA) is 121 Å². The van der Waals surface area contributed by atoms with Crippen molar-refractivity contribution in [1.82, 2.24) is 4.98 Å². The molecule has 1 aromatic rings. The number of hydrogen-bond donors (Lipinski definition) is 4. The van der Waals surface area contributed by atoms with Gasteiger partial charge in [-0.3, -0.25) is 10.1 Å². The molecule has 1 aromatic heterocycles. The van der Waals surface area contributed by atoms with Gasteiger partial charge in [-0.2, -0.15) is 0 Å². The van der Waals surface area contributed by atoms with E-state index in [4.69, 9.17) is 5.11 Å². The molecular weight excluding hydrogens is 252 g/mol. The first-order valence-corrected chi connectivity index (χ1v) is 5.86. The van der Waals surface area contributed by atoms with Gasteiger partial charge in [0.2, 0.25) is 5.82 Å². The molecule has 4 N–H and O–H groups in total. The number of hydrogen-bond acceptors (Lipinski definition) is 7. The lowest BCUT2D eigenvalue weighted by Crippen LogP contribution is -2.37. The summed E-state index contributed by atoms with van der Waals surface area (Å²) in [6.45, 7) is 3.43. The lowest BCUT2D eigenvalue weighted by Gasteiger charge is -2.21. The van der Waals surface area contributed by atoms with Crippen LogP contribution in [0, 0.1) is 10.1 Å². The van der Waals surface area contributed by atoms with Crippen molar-refractivity contribution in [3.63, 3.8) is 0 Å². The molecule has 0 spiro atoms. The molecule has 0 radical (unpaired) electrons. The van der Waals surface area contributed by atoms with Gasteiger partial charge in [0, 0.05) is 19.2 Å². The zero-order valence-corrected chi connectivity index (χ0v) is 10.9. The molecule has 0 aromatic carbocycles. The number of aromatic nitrogens is 1. The van der Waals surface area contributed by atoms with E-state index in [0.717, 1.165) is 0 Å². The monoisotopic (exact) mass is 270 g/mol. The van der Waals surface area contributed by atoms with Gasteiger partial charge in [0.25, 0.3) is 0 Å². The first kappa shape index (κ1) is 15.1. The molecule has 0 saturated heterocycles. The van der Waals surface area contributed by atoms with E-state index in [1.54, 1.807) is 0 Å². The second-order valence-electron chi connectivity index (χ2n) is 4.36. The molecule has 1 rings (SSSR count). The normalized spacial score (nSPS) is 13.7. The molecule has 8 nitrogen and oxygen atoms in total. The minimum atomic E-state index is -1.37. The number of anilines is 2. The van der Waals surface area contributed by atoms with E-state index in [0.29, 0.717) is 12.4 Å². The average Bonchev–Trinajstić information content (AvgIpc) is 2.37. The summed E-state index contributed by atoms with van der Waals surface area (Å²) in [7, 11) is 0. The highest BCUT2D eigenvalue weighted by atomic mass is 16.6. The van der Waals surface area contributed by atoms with E-state index in [9.17, 15) is 15.2 Å². The number of pyridine rings is 1. The van der Waals surface area contributed by atoms with Crippen molar-refractivity contribution >= 4 is 17.3 Å². The minimum Gasteiger partial charge on any atom is -0.393 e. The summed E-state index contributed by atoms with van der Waals surface area (Å²) < 4.78 is 0. The fourth-order valence-corrected chi connectivity index (χ4v) is 1.34. The quantitative estimate of drug-likeness (QED) is 0.422. The number of nitrogens with one attached hydrogen (secondary N) is 2. The molecule has 8 heteroatoms. The van der Waals surface area contributed by atoms with Gasteiger partial charge in [0.1, 0.15) is 11.4 Å². The smallest absolute Gasteiger partial charge is 0.311 e. The summed E-state index contributed by atoms with van der Waals surface area (Å²) in [6.07, 6.45) is 0. The highest BCUT2D eigenvalue weighted by Gasteiger charge is 2.22. The molecule has 0 amide bonds. The van der Waals surface area contributed by atoms with Gasteiger partial charge in [-0.05, 0) is 19.9 Å². The van der Waals surface area contributed by atoms with Crippen molar-refractivity contribution in [3.05, 3.63) is 22.2 Å². The van der Waals surface area contributed by atoms with Gasteiger partial charge in [-0.1, -0.05) is 0 Å². The van der Waals surface area contributed by atoms with Crippen molar-refractivity contribution in [2.45, 2.75) is 19.4 Å². The van der Waals surface area contributed by atoms with Crippen molar-refractivity contribution in [2.75, 3.05) is 30.3 Å². The number of aliphatic hydroxyl groups is 2. The molecule has 1 heterocycles. The number of nitro groups is 1. The third kappa shape index (κ3) is 4.34. The van der Waals surface area contributed by atoms with Crippen LogP contribution in [0.15, 0.2) is 12.1 Å². The van der Waals surface area contributed by atoms with Gasteiger partial charge >= 0.3 is 5.69 Å². The number of rotatable bonds is 7. The molecule has 0 aliphatic carbocycles. The first-order valence-electron chi connectivity index (χ1n) is 5.86. The Hall–Kier alpha value is -1.93. The fraction of sp³-hybridized carbons (Fsp3) is 0.545. The van der Waals surface area contributed by atoms with Gasteiger partial charge in [-0.15, -0.1) is 0 Å². The van der Waals surface area contributed by atoms with Crippen LogP contribution < -0.4 is 10.6 Å². The zero-order chi connectivity index (χ0) is 14.5. The summed E-state index contributed by atoms with van der Waals surface area (Å²) in [5, 5.41) is 35.1. The summed E-state index contributed by atoms with van der Waals surface area (Å²) >= 11 is 0. The van der Waals surface area contributed by atoms with E-state index in [1.165, 1.54) is 19.1 Å². The Labute approximate surface area is 110 Å². The zero-order valence-electron chi connectivity index (χ0n) is 10.9. The SMILES string of the molecule is CCNc1ccc([N+](=O)[O-])c(NCC(C)(O)CO)n1. The average molecular weight is 270 g/mol. The van der Waals surface area contributed by atoms with E-state index >= 15 is 0 Å². The van der Waals surface area contributed by atoms with Gasteiger partial charge in [0.05, 0.1) is 11.5 Å². The van der Waals surface area contributed by atoms with Crippen molar-refractivity contribution < 1.29 is 15.1 Å². The summed E-state index contributed by atoms with van der Waals surface area (Å²) in [4.78, 5) is 14.4. The molecule has 0 saturated carbocycles. The Balaban J connectivity index is 2.94. The Bertz CT molecular complexity index is 450. The van der Waals surface area contributed by atoms with Crippen LogP contribution >= 0.6 is 0 Å². The van der Waals surface area contributed by atoms with Crippen LogP contribution in [0.5, 0.6) is 0 Å². The summed E-state index contributed by atoms with van der Waals surface area (Å²) in [6, 6.07) is 2.85. The Morgan fingerprint density at radius 1 is 1.47 bits per heavy atom. The Kier molecular flexibility index (Phi) is 5.02. The van der Waals surface area contributed by atoms with Crippen molar-refractivity contribution in [3.8, 4) is 0 Å². The van der Waals surface area contributed by atoms with Crippen LogP contribution in [0.4, 0.5) is 17.3 Å². The van der Waals surface area contributed by atoms with Crippen LogP contribution in [-0.4, -0.2) is 45.4 Å². The van der Waals surface area contributed by atoms with Crippen molar-refractivity contribution in [2.24, 2.45) is 0 Å². The second-order valence-corrected chi connectivity index (χ2v) is 4.36.